The van der Waals surface area contributed by atoms with Gasteiger partial charge in [0.1, 0.15) is 5.60 Å². The summed E-state index contributed by atoms with van der Waals surface area (Å²) in [6.45, 7) is 10.3. The Morgan fingerprint density at radius 1 is 1.00 bits per heavy atom. The lowest BCUT2D eigenvalue weighted by Crippen LogP contribution is -2.50. The van der Waals surface area contributed by atoms with E-state index >= 15 is 0 Å². The molecule has 2 aliphatic rings. The molecule has 0 spiro atoms. The highest BCUT2D eigenvalue weighted by atomic mass is 35.5. The highest BCUT2D eigenvalue weighted by molar-refractivity contribution is 5.85. The van der Waals surface area contributed by atoms with E-state index in [9.17, 15) is 4.79 Å². The number of likely N-dealkylation sites (tertiary alicyclic amines) is 1. The van der Waals surface area contributed by atoms with E-state index in [2.05, 4.69) is 20.3 Å². The summed E-state index contributed by atoms with van der Waals surface area (Å²) in [5.41, 5.74) is -0.453. The van der Waals surface area contributed by atoms with Crippen LogP contribution in [-0.2, 0) is 4.74 Å². The third kappa shape index (κ3) is 5.67. The van der Waals surface area contributed by atoms with Gasteiger partial charge in [-0.3, -0.25) is 0 Å². The van der Waals surface area contributed by atoms with Crippen LogP contribution in [0.1, 0.15) is 75.3 Å². The zero-order chi connectivity index (χ0) is 19.6. The Morgan fingerprint density at radius 2 is 1.50 bits per heavy atom. The summed E-state index contributed by atoms with van der Waals surface area (Å²) in [5, 5.41) is 7.69. The second-order valence-electron chi connectivity index (χ2n) is 8.05. The van der Waals surface area contributed by atoms with Crippen molar-refractivity contribution in [2.45, 2.75) is 71.3 Å². The maximum Gasteiger partial charge on any atom is 0.410 e. The van der Waals surface area contributed by atoms with Crippen molar-refractivity contribution in [2.75, 3.05) is 13.1 Å². The molecule has 10 heteroatoms. The third-order valence-electron chi connectivity index (χ3n) is 4.46. The summed E-state index contributed by atoms with van der Waals surface area (Å²) in [7, 11) is 0. The molecule has 28 heavy (non-hydrogen) atoms. The summed E-state index contributed by atoms with van der Waals surface area (Å²) in [5.74, 6) is 3.57. The summed E-state index contributed by atoms with van der Waals surface area (Å²) in [6.07, 6.45) is 3.50. The van der Waals surface area contributed by atoms with E-state index in [0.717, 1.165) is 5.82 Å². The predicted molar refractivity (Wildman–Crippen MR) is 102 cm³/mol. The zero-order valence-electron chi connectivity index (χ0n) is 17.0. The Hall–Kier alpha value is -2.16. The van der Waals surface area contributed by atoms with Crippen molar-refractivity contribution in [1.29, 1.82) is 0 Å². The SMILES string of the molecule is Cc1nc(C2CCC2)no1.Cc1nc(C2CN(C(=O)OC(C)(C)C)C2)no1.Cl. The second-order valence-corrected chi connectivity index (χ2v) is 8.05. The van der Waals surface area contributed by atoms with Gasteiger partial charge in [-0.1, -0.05) is 16.7 Å². The number of carbonyl (C=O) groups excluding carboxylic acids is 1. The minimum absolute atomic E-state index is 0. The van der Waals surface area contributed by atoms with Crippen LogP contribution in [0.4, 0.5) is 4.79 Å². The van der Waals surface area contributed by atoms with Gasteiger partial charge in [0.25, 0.3) is 0 Å². The molecule has 1 saturated heterocycles. The van der Waals surface area contributed by atoms with Gasteiger partial charge in [0.15, 0.2) is 11.6 Å². The van der Waals surface area contributed by atoms with E-state index in [-0.39, 0.29) is 24.4 Å². The van der Waals surface area contributed by atoms with Crippen LogP contribution in [0.3, 0.4) is 0 Å². The summed E-state index contributed by atoms with van der Waals surface area (Å²) in [6, 6.07) is 0. The van der Waals surface area contributed by atoms with Crippen molar-refractivity contribution in [3.8, 4) is 0 Å². The van der Waals surface area contributed by atoms with Crippen molar-refractivity contribution in [3.63, 3.8) is 0 Å². The first-order valence-electron chi connectivity index (χ1n) is 9.29. The van der Waals surface area contributed by atoms with Crippen molar-refractivity contribution in [3.05, 3.63) is 23.4 Å². The van der Waals surface area contributed by atoms with E-state index in [0.29, 0.717) is 36.6 Å². The number of nitrogens with zero attached hydrogens (tertiary/aromatic N) is 5. The largest absolute Gasteiger partial charge is 0.444 e. The molecule has 1 saturated carbocycles. The first kappa shape index (κ1) is 22.1. The fourth-order valence-corrected chi connectivity index (χ4v) is 2.75. The molecule has 1 aliphatic heterocycles. The minimum atomic E-state index is -0.453. The Labute approximate surface area is 170 Å². The molecule has 3 heterocycles. The number of amides is 1. The average Bonchev–Trinajstić information content (AvgIpc) is 3.03. The summed E-state index contributed by atoms with van der Waals surface area (Å²) in [4.78, 5) is 21.6. The Bertz CT molecular complexity index is 775. The van der Waals surface area contributed by atoms with Crippen LogP contribution < -0.4 is 0 Å². The van der Waals surface area contributed by atoms with Gasteiger partial charge < -0.3 is 18.7 Å². The van der Waals surface area contributed by atoms with Crippen LogP contribution in [0.5, 0.6) is 0 Å². The normalized spacial score (nSPS) is 17.0. The lowest BCUT2D eigenvalue weighted by molar-refractivity contribution is 0.00734. The van der Waals surface area contributed by atoms with Gasteiger partial charge in [0, 0.05) is 32.9 Å². The number of aryl methyl sites for hydroxylation is 2. The Morgan fingerprint density at radius 3 is 1.86 bits per heavy atom. The van der Waals surface area contributed by atoms with Gasteiger partial charge in [-0.2, -0.15) is 9.97 Å². The molecule has 1 amide bonds. The average molecular weight is 414 g/mol. The smallest absolute Gasteiger partial charge is 0.410 e. The van der Waals surface area contributed by atoms with E-state index in [1.54, 1.807) is 11.8 Å². The Balaban J connectivity index is 0.000000217. The Kier molecular flexibility index (Phi) is 7.03. The summed E-state index contributed by atoms with van der Waals surface area (Å²) >= 11 is 0. The molecule has 4 rings (SSSR count). The van der Waals surface area contributed by atoms with Crippen LogP contribution in [0.2, 0.25) is 0 Å². The molecule has 2 aromatic heterocycles. The molecular formula is C18H28ClN5O4. The number of carbonyl (C=O) groups is 1. The number of ether oxygens (including phenoxy) is 1. The maximum absolute atomic E-state index is 11.7. The quantitative estimate of drug-likeness (QED) is 0.731. The molecule has 0 N–H and O–H groups in total. The lowest BCUT2D eigenvalue weighted by Gasteiger charge is -2.38. The fraction of sp³-hybridized carbons (Fsp3) is 0.722. The standard InChI is InChI=1S/C11H17N3O3.C7H10N2O.ClH/c1-7-12-9(13-17-7)8-5-14(6-8)10(15)16-11(2,3)4;1-5-8-7(9-10-5)6-3-2-4-6;/h8H,5-6H2,1-4H3;6H,2-4H2,1H3;1H. The van der Waals surface area contributed by atoms with Gasteiger partial charge in [-0.05, 0) is 33.6 Å². The molecule has 156 valence electrons. The molecule has 1 aliphatic carbocycles. The van der Waals surface area contributed by atoms with E-state index < -0.39 is 5.60 Å². The molecular weight excluding hydrogens is 386 g/mol. The van der Waals surface area contributed by atoms with Crippen molar-refractivity contribution >= 4 is 18.5 Å². The van der Waals surface area contributed by atoms with Gasteiger partial charge in [0.05, 0.1) is 5.92 Å². The molecule has 2 fully saturated rings. The highest BCUT2D eigenvalue weighted by Crippen LogP contribution is 2.34. The maximum atomic E-state index is 11.7. The third-order valence-corrected chi connectivity index (χ3v) is 4.46. The number of halogens is 1. The number of aromatic nitrogens is 4. The van der Waals surface area contributed by atoms with Crippen LogP contribution in [-0.4, -0.2) is 50.0 Å². The van der Waals surface area contributed by atoms with Gasteiger partial charge >= 0.3 is 6.09 Å². The number of hydrogen-bond donors (Lipinski definition) is 0. The fourth-order valence-electron chi connectivity index (χ4n) is 2.75. The zero-order valence-corrected chi connectivity index (χ0v) is 17.8. The summed E-state index contributed by atoms with van der Waals surface area (Å²) < 4.78 is 15.0. The van der Waals surface area contributed by atoms with Gasteiger partial charge in [0.2, 0.25) is 11.8 Å². The molecule has 9 nitrogen and oxygen atoms in total. The number of hydrogen-bond acceptors (Lipinski definition) is 8. The highest BCUT2D eigenvalue weighted by Gasteiger charge is 2.37. The molecule has 0 aromatic carbocycles. The van der Waals surface area contributed by atoms with Crippen LogP contribution in [0.25, 0.3) is 0 Å². The topological polar surface area (TPSA) is 107 Å². The predicted octanol–water partition coefficient (Wildman–Crippen LogP) is 3.78. The molecule has 0 radical (unpaired) electrons. The first-order valence-corrected chi connectivity index (χ1v) is 9.29. The number of rotatable bonds is 2. The molecule has 0 atom stereocenters. The van der Waals surface area contributed by atoms with Crippen LogP contribution >= 0.6 is 12.4 Å². The van der Waals surface area contributed by atoms with E-state index in [4.69, 9.17) is 13.8 Å². The second kappa shape index (κ2) is 8.89. The van der Waals surface area contributed by atoms with Crippen molar-refractivity contribution in [2.24, 2.45) is 0 Å². The van der Waals surface area contributed by atoms with Crippen LogP contribution in [0, 0.1) is 13.8 Å². The van der Waals surface area contributed by atoms with E-state index in [1.807, 2.05) is 27.7 Å². The van der Waals surface area contributed by atoms with Crippen LogP contribution in [0.15, 0.2) is 9.05 Å². The molecule has 0 bridgehead atoms. The lowest BCUT2D eigenvalue weighted by atomic mass is 9.85. The molecule has 0 unspecified atom stereocenters. The monoisotopic (exact) mass is 413 g/mol. The van der Waals surface area contributed by atoms with Gasteiger partial charge in [-0.15, -0.1) is 12.4 Å². The van der Waals surface area contributed by atoms with Gasteiger partial charge in [-0.25, -0.2) is 4.79 Å². The van der Waals surface area contributed by atoms with E-state index in [1.165, 1.54) is 19.3 Å². The first-order chi connectivity index (χ1) is 12.7. The van der Waals surface area contributed by atoms with Crippen molar-refractivity contribution < 1.29 is 18.6 Å². The van der Waals surface area contributed by atoms with Crippen molar-refractivity contribution in [1.82, 2.24) is 25.2 Å². The molecule has 2 aromatic rings. The minimum Gasteiger partial charge on any atom is -0.444 e.